The molecular formula is C8H15ClFNO2. The maximum absolute atomic E-state index is 12.1. The summed E-state index contributed by atoms with van der Waals surface area (Å²) in [6.45, 7) is 0.289. The van der Waals surface area contributed by atoms with Gasteiger partial charge in [-0.15, -0.1) is 12.4 Å². The van der Waals surface area contributed by atoms with E-state index in [9.17, 15) is 9.18 Å². The molecule has 0 aromatic heterocycles. The molecule has 0 spiro atoms. The summed E-state index contributed by atoms with van der Waals surface area (Å²) in [5.74, 6) is -0.336. The van der Waals surface area contributed by atoms with Crippen molar-refractivity contribution < 1.29 is 13.9 Å². The Bertz CT molecular complexity index is 172. The van der Waals surface area contributed by atoms with E-state index in [-0.39, 0.29) is 24.8 Å². The highest BCUT2D eigenvalue weighted by atomic mass is 35.5. The van der Waals surface area contributed by atoms with E-state index >= 15 is 0 Å². The maximum atomic E-state index is 12.1. The lowest BCUT2D eigenvalue weighted by atomic mass is 9.94. The molecule has 1 N–H and O–H groups in total. The molecule has 5 heteroatoms. The minimum atomic E-state index is -0.733. The molecule has 1 fully saturated rings. The Morgan fingerprint density at radius 3 is 2.77 bits per heavy atom. The van der Waals surface area contributed by atoms with Gasteiger partial charge in [-0.1, -0.05) is 0 Å². The zero-order chi connectivity index (χ0) is 9.03. The Hall–Kier alpha value is -0.350. The third-order valence-electron chi connectivity index (χ3n) is 2.34. The molecule has 1 aliphatic rings. The number of hydrogen-bond donors (Lipinski definition) is 1. The molecule has 78 valence electrons. The smallest absolute Gasteiger partial charge is 0.326 e. The summed E-state index contributed by atoms with van der Waals surface area (Å²) in [7, 11) is 1.34. The number of carbonyl (C=O) groups is 1. The molecule has 0 aromatic carbocycles. The summed E-state index contributed by atoms with van der Waals surface area (Å²) < 4.78 is 16.8. The summed E-state index contributed by atoms with van der Waals surface area (Å²) in [5.41, 5.74) is -0.733. The van der Waals surface area contributed by atoms with Gasteiger partial charge in [-0.2, -0.15) is 0 Å². The van der Waals surface area contributed by atoms with Crippen molar-refractivity contribution in [3.05, 3.63) is 0 Å². The van der Waals surface area contributed by atoms with Crippen LogP contribution in [-0.4, -0.2) is 31.8 Å². The van der Waals surface area contributed by atoms with Crippen LogP contribution < -0.4 is 5.32 Å². The first-order valence-electron chi connectivity index (χ1n) is 4.14. The van der Waals surface area contributed by atoms with Crippen LogP contribution in [0.1, 0.15) is 19.3 Å². The van der Waals surface area contributed by atoms with Gasteiger partial charge in [-0.25, -0.2) is 0 Å². The number of hydrogen-bond acceptors (Lipinski definition) is 3. The van der Waals surface area contributed by atoms with Gasteiger partial charge in [0.1, 0.15) is 5.54 Å². The van der Waals surface area contributed by atoms with E-state index in [1.165, 1.54) is 7.11 Å². The lowest BCUT2D eigenvalue weighted by molar-refractivity contribution is -0.148. The molecule has 3 nitrogen and oxygen atoms in total. The van der Waals surface area contributed by atoms with E-state index in [1.807, 2.05) is 0 Å². The number of alkyl halides is 1. The molecule has 13 heavy (non-hydrogen) atoms. The van der Waals surface area contributed by atoms with Crippen LogP contribution in [0.3, 0.4) is 0 Å². The first kappa shape index (κ1) is 12.7. The summed E-state index contributed by atoms with van der Waals surface area (Å²) >= 11 is 0. The van der Waals surface area contributed by atoms with Crippen molar-refractivity contribution in [2.24, 2.45) is 0 Å². The van der Waals surface area contributed by atoms with Gasteiger partial charge in [0.15, 0.2) is 0 Å². The molecule has 1 aliphatic heterocycles. The fourth-order valence-corrected chi connectivity index (χ4v) is 1.65. The maximum Gasteiger partial charge on any atom is 0.326 e. The number of esters is 1. The number of rotatable bonds is 3. The summed E-state index contributed by atoms with van der Waals surface area (Å²) in [5, 5.41) is 3.01. The first-order chi connectivity index (χ1) is 5.75. The SMILES string of the molecule is COC(=O)C1(CCF)CCCN1.Cl. The average molecular weight is 212 g/mol. The highest BCUT2D eigenvalue weighted by Gasteiger charge is 2.41. The zero-order valence-electron chi connectivity index (χ0n) is 7.64. The lowest BCUT2D eigenvalue weighted by Crippen LogP contribution is -2.48. The van der Waals surface area contributed by atoms with Crippen molar-refractivity contribution in [1.82, 2.24) is 5.32 Å². The van der Waals surface area contributed by atoms with Crippen molar-refractivity contribution in [2.45, 2.75) is 24.8 Å². The van der Waals surface area contributed by atoms with E-state index in [1.54, 1.807) is 0 Å². The molecule has 0 bridgehead atoms. The molecule has 0 amide bonds. The predicted molar refractivity (Wildman–Crippen MR) is 49.8 cm³/mol. The van der Waals surface area contributed by atoms with Crippen molar-refractivity contribution in [3.8, 4) is 0 Å². The molecule has 1 heterocycles. The van der Waals surface area contributed by atoms with E-state index in [0.29, 0.717) is 6.42 Å². The topological polar surface area (TPSA) is 38.3 Å². The molecule has 0 aliphatic carbocycles. The quantitative estimate of drug-likeness (QED) is 0.710. The molecule has 1 atom stereocenters. The second-order valence-electron chi connectivity index (χ2n) is 3.04. The number of halogens is 2. The fraction of sp³-hybridized carbons (Fsp3) is 0.875. The van der Waals surface area contributed by atoms with Gasteiger partial charge < -0.3 is 10.1 Å². The van der Waals surface area contributed by atoms with Crippen molar-refractivity contribution in [1.29, 1.82) is 0 Å². The van der Waals surface area contributed by atoms with Gasteiger partial charge in [-0.3, -0.25) is 9.18 Å². The Labute approximate surface area is 83.4 Å². The Morgan fingerprint density at radius 2 is 2.38 bits per heavy atom. The van der Waals surface area contributed by atoms with Gasteiger partial charge >= 0.3 is 5.97 Å². The number of methoxy groups -OCH3 is 1. The minimum Gasteiger partial charge on any atom is -0.468 e. The summed E-state index contributed by atoms with van der Waals surface area (Å²) in [6.07, 6.45) is 1.82. The minimum absolute atomic E-state index is 0. The van der Waals surface area contributed by atoms with Crippen LogP contribution in [0, 0.1) is 0 Å². The molecular weight excluding hydrogens is 197 g/mol. The number of carbonyl (C=O) groups excluding carboxylic acids is 1. The molecule has 0 aromatic rings. The van der Waals surface area contributed by atoms with Crippen molar-refractivity contribution >= 4 is 18.4 Å². The fourth-order valence-electron chi connectivity index (χ4n) is 1.65. The monoisotopic (exact) mass is 211 g/mol. The standard InChI is InChI=1S/C8H14FNO2.ClH/c1-12-7(11)8(4-5-9)3-2-6-10-8;/h10H,2-6H2,1H3;1H. The Morgan fingerprint density at radius 1 is 1.69 bits per heavy atom. The lowest BCUT2D eigenvalue weighted by Gasteiger charge is -2.24. The molecule has 1 unspecified atom stereocenters. The van der Waals surface area contributed by atoms with Gasteiger partial charge in [0, 0.05) is 6.42 Å². The third-order valence-corrected chi connectivity index (χ3v) is 2.34. The van der Waals surface area contributed by atoms with Crippen LogP contribution in [-0.2, 0) is 9.53 Å². The van der Waals surface area contributed by atoms with Crippen molar-refractivity contribution in [3.63, 3.8) is 0 Å². The summed E-state index contributed by atoms with van der Waals surface area (Å²) in [6, 6.07) is 0. The molecule has 1 saturated heterocycles. The Balaban J connectivity index is 0.00000144. The van der Waals surface area contributed by atoms with Crippen LogP contribution >= 0.6 is 12.4 Å². The number of nitrogens with one attached hydrogen (secondary N) is 1. The van der Waals surface area contributed by atoms with Crippen molar-refractivity contribution in [2.75, 3.05) is 20.3 Å². The highest BCUT2D eigenvalue weighted by Crippen LogP contribution is 2.24. The second-order valence-corrected chi connectivity index (χ2v) is 3.04. The van der Waals surface area contributed by atoms with E-state index in [2.05, 4.69) is 10.1 Å². The number of ether oxygens (including phenoxy) is 1. The van der Waals surface area contributed by atoms with Gasteiger partial charge in [0.25, 0.3) is 0 Å². The zero-order valence-corrected chi connectivity index (χ0v) is 8.45. The molecule has 0 radical (unpaired) electrons. The van der Waals surface area contributed by atoms with E-state index in [4.69, 9.17) is 0 Å². The first-order valence-corrected chi connectivity index (χ1v) is 4.14. The second kappa shape index (κ2) is 5.40. The van der Waals surface area contributed by atoms with E-state index < -0.39 is 12.2 Å². The highest BCUT2D eigenvalue weighted by molar-refractivity contribution is 5.85. The largest absolute Gasteiger partial charge is 0.468 e. The van der Waals surface area contributed by atoms with E-state index in [0.717, 1.165) is 13.0 Å². The van der Waals surface area contributed by atoms with Crippen LogP contribution in [0.15, 0.2) is 0 Å². The van der Waals surface area contributed by atoms with Gasteiger partial charge in [-0.05, 0) is 19.4 Å². The Kier molecular flexibility index (Phi) is 5.25. The van der Waals surface area contributed by atoms with Crippen LogP contribution in [0.25, 0.3) is 0 Å². The summed E-state index contributed by atoms with van der Waals surface area (Å²) in [4.78, 5) is 11.3. The third kappa shape index (κ3) is 2.54. The van der Waals surface area contributed by atoms with Crippen LogP contribution in [0.5, 0.6) is 0 Å². The van der Waals surface area contributed by atoms with Gasteiger partial charge in [0.05, 0.1) is 13.8 Å². The molecule has 0 saturated carbocycles. The normalized spacial score (nSPS) is 26.6. The van der Waals surface area contributed by atoms with Gasteiger partial charge in [0.2, 0.25) is 0 Å². The van der Waals surface area contributed by atoms with Crippen LogP contribution in [0.4, 0.5) is 4.39 Å². The van der Waals surface area contributed by atoms with Crippen LogP contribution in [0.2, 0.25) is 0 Å². The average Bonchev–Trinajstić information content (AvgIpc) is 2.53. The predicted octanol–water partition coefficient (Wildman–Crippen LogP) is 1.06. The molecule has 1 rings (SSSR count).